The van der Waals surface area contributed by atoms with E-state index in [1.54, 1.807) is 24.7 Å². The van der Waals surface area contributed by atoms with Crippen LogP contribution in [-0.4, -0.2) is 28.2 Å². The molecule has 0 radical (unpaired) electrons. The van der Waals surface area contributed by atoms with Gasteiger partial charge in [0.05, 0.1) is 12.8 Å². The SMILES string of the molecule is CCOC(=O)C(NC1CCCC1)c1ncc(Cl)n1C. The maximum atomic E-state index is 12.1. The first kappa shape index (κ1) is 14.3. The van der Waals surface area contributed by atoms with E-state index in [1.807, 2.05) is 0 Å². The largest absolute Gasteiger partial charge is 0.464 e. The van der Waals surface area contributed by atoms with E-state index in [1.165, 1.54) is 12.8 Å². The Kier molecular flexibility index (Phi) is 4.82. The van der Waals surface area contributed by atoms with Crippen LogP contribution in [0.3, 0.4) is 0 Å². The molecule has 0 aliphatic heterocycles. The minimum absolute atomic E-state index is 0.292. The van der Waals surface area contributed by atoms with Crippen LogP contribution in [0, 0.1) is 0 Å². The molecule has 1 aromatic rings. The molecule has 106 valence electrons. The van der Waals surface area contributed by atoms with Gasteiger partial charge < -0.3 is 9.30 Å². The molecule has 19 heavy (non-hydrogen) atoms. The Morgan fingerprint density at radius 3 is 2.84 bits per heavy atom. The summed E-state index contributed by atoms with van der Waals surface area (Å²) in [6.07, 6.45) is 6.14. The number of hydrogen-bond donors (Lipinski definition) is 1. The highest BCUT2D eigenvalue weighted by Gasteiger charge is 2.30. The second kappa shape index (κ2) is 6.39. The number of hydrogen-bond acceptors (Lipinski definition) is 4. The maximum Gasteiger partial charge on any atom is 0.331 e. The zero-order valence-electron chi connectivity index (χ0n) is 11.4. The van der Waals surface area contributed by atoms with Crippen LogP contribution >= 0.6 is 11.6 Å². The van der Waals surface area contributed by atoms with Crippen molar-refractivity contribution in [3.63, 3.8) is 0 Å². The highest BCUT2D eigenvalue weighted by atomic mass is 35.5. The summed E-state index contributed by atoms with van der Waals surface area (Å²) in [5.41, 5.74) is 0. The molecule has 1 heterocycles. The quantitative estimate of drug-likeness (QED) is 0.843. The van der Waals surface area contributed by atoms with Gasteiger partial charge in [-0.05, 0) is 19.8 Å². The number of ether oxygens (including phenoxy) is 1. The van der Waals surface area contributed by atoms with Gasteiger partial charge in [0.15, 0.2) is 6.04 Å². The van der Waals surface area contributed by atoms with Gasteiger partial charge in [0.25, 0.3) is 0 Å². The second-order valence-corrected chi connectivity index (χ2v) is 5.22. The van der Waals surface area contributed by atoms with Crippen LogP contribution < -0.4 is 5.32 Å². The lowest BCUT2D eigenvalue weighted by Gasteiger charge is -2.21. The monoisotopic (exact) mass is 285 g/mol. The zero-order chi connectivity index (χ0) is 13.8. The molecule has 0 amide bonds. The lowest BCUT2D eigenvalue weighted by molar-refractivity contribution is -0.146. The Bertz CT molecular complexity index is 441. The lowest BCUT2D eigenvalue weighted by Crippen LogP contribution is -2.38. The van der Waals surface area contributed by atoms with Crippen molar-refractivity contribution in [3.05, 3.63) is 17.2 Å². The van der Waals surface area contributed by atoms with Gasteiger partial charge in [0.1, 0.15) is 11.0 Å². The van der Waals surface area contributed by atoms with E-state index in [2.05, 4.69) is 10.3 Å². The number of esters is 1. The van der Waals surface area contributed by atoms with Gasteiger partial charge >= 0.3 is 5.97 Å². The number of carbonyl (C=O) groups is 1. The van der Waals surface area contributed by atoms with Crippen LogP contribution in [-0.2, 0) is 16.6 Å². The smallest absolute Gasteiger partial charge is 0.331 e. The Morgan fingerprint density at radius 1 is 1.63 bits per heavy atom. The molecule has 1 aliphatic carbocycles. The predicted octanol–water partition coefficient (Wildman–Crippen LogP) is 2.21. The number of nitrogens with one attached hydrogen (secondary N) is 1. The summed E-state index contributed by atoms with van der Waals surface area (Å²) in [5, 5.41) is 3.87. The predicted molar refractivity (Wildman–Crippen MR) is 73.0 cm³/mol. The minimum Gasteiger partial charge on any atom is -0.464 e. The fourth-order valence-corrected chi connectivity index (χ4v) is 2.61. The van der Waals surface area contributed by atoms with Gasteiger partial charge in [-0.3, -0.25) is 5.32 Å². The first-order chi connectivity index (χ1) is 9.13. The average Bonchev–Trinajstić information content (AvgIpc) is 2.99. The van der Waals surface area contributed by atoms with E-state index in [9.17, 15) is 4.79 Å². The number of halogens is 1. The van der Waals surface area contributed by atoms with Crippen LogP contribution in [0.1, 0.15) is 44.5 Å². The highest BCUT2D eigenvalue weighted by Crippen LogP contribution is 2.23. The summed E-state index contributed by atoms with van der Waals surface area (Å²) in [4.78, 5) is 16.3. The van der Waals surface area contributed by atoms with Crippen molar-refractivity contribution in [2.24, 2.45) is 7.05 Å². The maximum absolute atomic E-state index is 12.1. The summed E-state index contributed by atoms with van der Waals surface area (Å²) < 4.78 is 6.85. The van der Waals surface area contributed by atoms with Gasteiger partial charge in [0.2, 0.25) is 0 Å². The molecule has 1 unspecified atom stereocenters. The Hall–Kier alpha value is -1.07. The number of carbonyl (C=O) groups excluding carboxylic acids is 1. The molecule has 0 spiro atoms. The Labute approximate surface area is 118 Å². The third-order valence-electron chi connectivity index (χ3n) is 3.51. The molecule has 0 saturated heterocycles. The molecule has 1 fully saturated rings. The number of rotatable bonds is 5. The second-order valence-electron chi connectivity index (χ2n) is 4.83. The standard InChI is InChI=1S/C13H20ClN3O2/c1-3-19-13(18)11(16-9-6-4-5-7-9)12-15-8-10(14)17(12)2/h8-9,11,16H,3-7H2,1-2H3. The molecule has 1 N–H and O–H groups in total. The highest BCUT2D eigenvalue weighted by molar-refractivity contribution is 6.29. The summed E-state index contributed by atoms with van der Waals surface area (Å²) in [6, 6.07) is -0.189. The molecular weight excluding hydrogens is 266 g/mol. The third-order valence-corrected chi connectivity index (χ3v) is 3.86. The van der Waals surface area contributed by atoms with Crippen LogP contribution in [0.2, 0.25) is 5.15 Å². The van der Waals surface area contributed by atoms with Gasteiger partial charge in [-0.2, -0.15) is 0 Å². The molecule has 0 bridgehead atoms. The number of aromatic nitrogens is 2. The van der Waals surface area contributed by atoms with Crippen LogP contribution in [0.15, 0.2) is 6.20 Å². The van der Waals surface area contributed by atoms with Gasteiger partial charge in [0, 0.05) is 13.1 Å². The van der Waals surface area contributed by atoms with Crippen molar-refractivity contribution >= 4 is 17.6 Å². The first-order valence-electron chi connectivity index (χ1n) is 6.73. The van der Waals surface area contributed by atoms with E-state index >= 15 is 0 Å². The van der Waals surface area contributed by atoms with Crippen molar-refractivity contribution < 1.29 is 9.53 Å². The summed E-state index contributed by atoms with van der Waals surface area (Å²) in [5.74, 6) is 0.315. The van der Waals surface area contributed by atoms with E-state index in [4.69, 9.17) is 16.3 Å². The molecule has 1 aliphatic rings. The molecule has 6 heteroatoms. The van der Waals surface area contributed by atoms with Crippen molar-refractivity contribution in [1.82, 2.24) is 14.9 Å². The number of imidazole rings is 1. The summed E-state index contributed by atoms with van der Waals surface area (Å²) in [7, 11) is 1.80. The molecule has 1 aromatic heterocycles. The van der Waals surface area contributed by atoms with Crippen LogP contribution in [0.4, 0.5) is 0 Å². The van der Waals surface area contributed by atoms with Crippen LogP contribution in [0.5, 0.6) is 0 Å². The first-order valence-corrected chi connectivity index (χ1v) is 7.11. The van der Waals surface area contributed by atoms with Crippen molar-refractivity contribution in [2.45, 2.75) is 44.7 Å². The lowest BCUT2D eigenvalue weighted by atomic mass is 10.2. The molecule has 2 rings (SSSR count). The Morgan fingerprint density at radius 2 is 2.32 bits per heavy atom. The molecule has 5 nitrogen and oxygen atoms in total. The minimum atomic E-state index is -0.541. The van der Waals surface area contributed by atoms with Gasteiger partial charge in [-0.25, -0.2) is 9.78 Å². The topological polar surface area (TPSA) is 56.1 Å². The van der Waals surface area contributed by atoms with E-state index in [0.717, 1.165) is 12.8 Å². The molecular formula is C13H20ClN3O2. The summed E-state index contributed by atoms with van der Waals surface area (Å²) in [6.45, 7) is 2.16. The zero-order valence-corrected chi connectivity index (χ0v) is 12.1. The normalized spacial score (nSPS) is 17.6. The van der Waals surface area contributed by atoms with Gasteiger partial charge in [-0.15, -0.1) is 0 Å². The average molecular weight is 286 g/mol. The molecule has 1 saturated carbocycles. The molecule has 1 atom stereocenters. The fourth-order valence-electron chi connectivity index (χ4n) is 2.47. The fraction of sp³-hybridized carbons (Fsp3) is 0.692. The van der Waals surface area contributed by atoms with Crippen molar-refractivity contribution in [1.29, 1.82) is 0 Å². The van der Waals surface area contributed by atoms with E-state index < -0.39 is 6.04 Å². The van der Waals surface area contributed by atoms with Crippen molar-refractivity contribution in [2.75, 3.05) is 6.61 Å². The third kappa shape index (κ3) is 3.28. The van der Waals surface area contributed by atoms with E-state index in [-0.39, 0.29) is 5.97 Å². The van der Waals surface area contributed by atoms with E-state index in [0.29, 0.717) is 23.6 Å². The van der Waals surface area contributed by atoms with Crippen LogP contribution in [0.25, 0.3) is 0 Å². The molecule has 0 aromatic carbocycles. The van der Waals surface area contributed by atoms with Gasteiger partial charge in [-0.1, -0.05) is 24.4 Å². The van der Waals surface area contributed by atoms with Crippen molar-refractivity contribution in [3.8, 4) is 0 Å². The Balaban J connectivity index is 2.17. The number of nitrogens with zero attached hydrogens (tertiary/aromatic N) is 2. The summed E-state index contributed by atoms with van der Waals surface area (Å²) >= 11 is 5.99.